The van der Waals surface area contributed by atoms with Crippen LogP contribution < -0.4 is 5.48 Å². The lowest BCUT2D eigenvalue weighted by Gasteiger charge is -2.17. The Morgan fingerprint density at radius 2 is 1.67 bits per heavy atom. The van der Waals surface area contributed by atoms with E-state index in [9.17, 15) is 19.2 Å². The molecule has 0 aliphatic heterocycles. The van der Waals surface area contributed by atoms with Gasteiger partial charge in [-0.3, -0.25) is 0 Å². The van der Waals surface area contributed by atoms with Gasteiger partial charge < -0.3 is 14.8 Å². The molecule has 0 radical (unpaired) electrons. The Labute approximate surface area is 139 Å². The number of carbonyl (C=O) groups is 4. The molecule has 0 aliphatic rings. The fraction of sp³-hybridized carbons (Fsp3) is 0.429. The van der Waals surface area contributed by atoms with E-state index >= 15 is 0 Å². The Balaban J connectivity index is 0. The van der Waals surface area contributed by atoms with Crippen LogP contribution in [0.1, 0.15) is 26.7 Å². The van der Waals surface area contributed by atoms with E-state index in [0.29, 0.717) is 13.1 Å². The Morgan fingerprint density at radius 3 is 2.08 bits per heavy atom. The largest absolute Gasteiger partial charge is 0.463 e. The molecular weight excluding hydrogens is 324 g/mol. The first kappa shape index (κ1) is 23.2. The molecule has 10 nitrogen and oxygen atoms in total. The van der Waals surface area contributed by atoms with Crippen LogP contribution in [0.25, 0.3) is 0 Å². The van der Waals surface area contributed by atoms with Crippen molar-refractivity contribution in [3.8, 4) is 0 Å². The van der Waals surface area contributed by atoms with Crippen molar-refractivity contribution < 1.29 is 38.9 Å². The van der Waals surface area contributed by atoms with Crippen molar-refractivity contribution in [3.63, 3.8) is 0 Å². The normalized spacial score (nSPS) is 8.58. The monoisotopic (exact) mass is 346 g/mol. The lowest BCUT2D eigenvalue weighted by atomic mass is 10.3. The van der Waals surface area contributed by atoms with Gasteiger partial charge in [0.05, 0.1) is 0 Å². The molecule has 24 heavy (non-hydrogen) atoms. The summed E-state index contributed by atoms with van der Waals surface area (Å²) in [5.41, 5.74) is 1.39. The van der Waals surface area contributed by atoms with Crippen molar-refractivity contribution >= 4 is 24.1 Å². The average Bonchev–Trinajstić information content (AvgIpc) is 2.58. The molecule has 0 heterocycles. The molecule has 0 aromatic carbocycles. The van der Waals surface area contributed by atoms with Crippen LogP contribution in [0.5, 0.6) is 0 Å². The minimum absolute atomic E-state index is 0.518. The van der Waals surface area contributed by atoms with E-state index in [2.05, 4.69) is 27.8 Å². The molecule has 0 fully saturated rings. The summed E-state index contributed by atoms with van der Waals surface area (Å²) in [6.45, 7) is 11.2. The molecule has 0 aromatic heterocycles. The minimum Gasteiger partial charge on any atom is -0.463 e. The second kappa shape index (κ2) is 14.9. The zero-order chi connectivity index (χ0) is 19.0. The molecule has 0 saturated heterocycles. The molecular formula is C14H22N2O8. The van der Waals surface area contributed by atoms with Crippen molar-refractivity contribution in [1.82, 2.24) is 10.4 Å². The van der Waals surface area contributed by atoms with E-state index in [0.717, 1.165) is 25.0 Å². The number of hydrogen-bond acceptors (Lipinski definition) is 7. The van der Waals surface area contributed by atoms with E-state index in [1.54, 1.807) is 0 Å². The standard InChI is InChI=1S/C10H17NO4.C4H5NO4/c1-4-7-8-11(6-3)10(13)15-14-9(12)5-2;1-2-3(6)9-5-4(7)8/h5H,2,4,6-8H2,1,3H3;2,5H,1H2,(H,7,8). The van der Waals surface area contributed by atoms with E-state index < -0.39 is 24.1 Å². The number of unbranched alkanes of at least 4 members (excludes halogenated alkanes) is 1. The van der Waals surface area contributed by atoms with Crippen molar-refractivity contribution in [1.29, 1.82) is 0 Å². The number of carboxylic acid groups (broad SMARTS) is 1. The smallest absolute Gasteiger partial charge is 0.453 e. The predicted octanol–water partition coefficient (Wildman–Crippen LogP) is 1.79. The fourth-order valence-corrected chi connectivity index (χ4v) is 1.03. The molecule has 2 N–H and O–H groups in total. The van der Waals surface area contributed by atoms with E-state index in [1.165, 1.54) is 10.4 Å². The SMILES string of the molecule is C=CC(=O)ONC(=O)O.C=CC(=O)OOC(=O)N(CC)CCCC. The molecule has 2 amide bonds. The average molecular weight is 346 g/mol. The van der Waals surface area contributed by atoms with Gasteiger partial charge in [-0.05, 0) is 13.3 Å². The Morgan fingerprint density at radius 1 is 1.08 bits per heavy atom. The minimum atomic E-state index is -1.43. The third-order valence-electron chi connectivity index (χ3n) is 2.19. The Hall–Kier alpha value is -3.04. The van der Waals surface area contributed by atoms with Crippen LogP contribution in [0.3, 0.4) is 0 Å². The van der Waals surface area contributed by atoms with Gasteiger partial charge in [-0.2, -0.15) is 0 Å². The maximum Gasteiger partial charge on any atom is 0.453 e. The molecule has 10 heteroatoms. The molecule has 0 unspecified atom stereocenters. The van der Waals surface area contributed by atoms with Crippen molar-refractivity contribution in [2.24, 2.45) is 0 Å². The number of nitrogens with zero attached hydrogens (tertiary/aromatic N) is 1. The fourth-order valence-electron chi connectivity index (χ4n) is 1.03. The van der Waals surface area contributed by atoms with Crippen LogP contribution in [-0.4, -0.2) is 47.2 Å². The Kier molecular flexibility index (Phi) is 14.4. The predicted molar refractivity (Wildman–Crippen MR) is 82.4 cm³/mol. The summed E-state index contributed by atoms with van der Waals surface area (Å²) in [7, 11) is 0. The number of nitrogens with one attached hydrogen (secondary N) is 1. The third-order valence-corrected chi connectivity index (χ3v) is 2.19. The van der Waals surface area contributed by atoms with Gasteiger partial charge in [0.15, 0.2) is 0 Å². The highest BCUT2D eigenvalue weighted by atomic mass is 17.2. The van der Waals surface area contributed by atoms with Gasteiger partial charge in [-0.15, -0.1) is 5.48 Å². The summed E-state index contributed by atoms with van der Waals surface area (Å²) in [5.74, 6) is -1.62. The summed E-state index contributed by atoms with van der Waals surface area (Å²) in [4.78, 5) is 55.3. The number of carbonyl (C=O) groups excluding carboxylic acids is 3. The highest BCUT2D eigenvalue weighted by molar-refractivity contribution is 5.82. The lowest BCUT2D eigenvalue weighted by Crippen LogP contribution is -2.32. The summed E-state index contributed by atoms with van der Waals surface area (Å²) >= 11 is 0. The van der Waals surface area contributed by atoms with Gasteiger partial charge in [0.2, 0.25) is 0 Å². The van der Waals surface area contributed by atoms with Crippen LogP contribution >= 0.6 is 0 Å². The highest BCUT2D eigenvalue weighted by Crippen LogP contribution is 1.99. The van der Waals surface area contributed by atoms with E-state index in [4.69, 9.17) is 5.11 Å². The first-order chi connectivity index (χ1) is 11.3. The summed E-state index contributed by atoms with van der Waals surface area (Å²) < 4.78 is 0. The van der Waals surface area contributed by atoms with Crippen molar-refractivity contribution in [2.45, 2.75) is 26.7 Å². The summed E-state index contributed by atoms with van der Waals surface area (Å²) in [6, 6.07) is 0. The molecule has 0 bridgehead atoms. The van der Waals surface area contributed by atoms with Crippen LogP contribution in [0.15, 0.2) is 25.3 Å². The molecule has 0 aliphatic carbocycles. The topological polar surface area (TPSA) is 131 Å². The maximum atomic E-state index is 11.3. The van der Waals surface area contributed by atoms with Crippen molar-refractivity contribution in [2.75, 3.05) is 13.1 Å². The number of rotatable bonds is 6. The van der Waals surface area contributed by atoms with Crippen LogP contribution in [0.2, 0.25) is 0 Å². The quantitative estimate of drug-likeness (QED) is 0.423. The van der Waals surface area contributed by atoms with Gasteiger partial charge in [0.1, 0.15) is 0 Å². The zero-order valence-electron chi connectivity index (χ0n) is 13.6. The first-order valence-electron chi connectivity index (χ1n) is 6.94. The third kappa shape index (κ3) is 13.9. The maximum absolute atomic E-state index is 11.3. The second-order valence-corrected chi connectivity index (χ2v) is 3.92. The van der Waals surface area contributed by atoms with Crippen LogP contribution in [0, 0.1) is 0 Å². The van der Waals surface area contributed by atoms with Crippen molar-refractivity contribution in [3.05, 3.63) is 25.3 Å². The second-order valence-electron chi connectivity index (χ2n) is 3.92. The number of amides is 2. The van der Waals surface area contributed by atoms with E-state index in [-0.39, 0.29) is 0 Å². The molecule has 0 aromatic rings. The number of hydrogen-bond donors (Lipinski definition) is 2. The van der Waals surface area contributed by atoms with Gasteiger partial charge in [-0.1, -0.05) is 26.5 Å². The van der Waals surface area contributed by atoms with Gasteiger partial charge >= 0.3 is 24.1 Å². The molecule has 0 saturated carbocycles. The number of hydroxylamine groups is 1. The molecule has 0 rings (SSSR count). The summed E-state index contributed by atoms with van der Waals surface area (Å²) in [6.07, 6.45) is 1.56. The Bertz CT molecular complexity index is 450. The van der Waals surface area contributed by atoms with Crippen LogP contribution in [-0.2, 0) is 24.2 Å². The van der Waals surface area contributed by atoms with Gasteiger partial charge in [0, 0.05) is 25.2 Å². The highest BCUT2D eigenvalue weighted by Gasteiger charge is 2.14. The van der Waals surface area contributed by atoms with Gasteiger partial charge in [-0.25, -0.2) is 29.0 Å². The summed E-state index contributed by atoms with van der Waals surface area (Å²) in [5, 5.41) is 7.84. The van der Waals surface area contributed by atoms with E-state index in [1.807, 2.05) is 13.8 Å². The van der Waals surface area contributed by atoms with Gasteiger partial charge in [0.25, 0.3) is 0 Å². The zero-order valence-corrected chi connectivity index (χ0v) is 13.6. The molecule has 0 atom stereocenters. The lowest BCUT2D eigenvalue weighted by molar-refractivity contribution is -0.231. The molecule has 0 spiro atoms. The first-order valence-corrected chi connectivity index (χ1v) is 6.94. The van der Waals surface area contributed by atoms with Crippen LogP contribution in [0.4, 0.5) is 9.59 Å². The molecule has 136 valence electrons.